The Labute approximate surface area is 153 Å². The Hall–Kier alpha value is -1.45. The minimum absolute atomic E-state index is 0.239. The van der Waals surface area contributed by atoms with Gasteiger partial charge in [-0.25, -0.2) is 0 Å². The first kappa shape index (κ1) is 19.9. The molecule has 5 N–H and O–H groups in total. The Bertz CT molecular complexity index is 554. The van der Waals surface area contributed by atoms with Gasteiger partial charge >= 0.3 is 0 Å². The largest absolute Gasteiger partial charge is 0.494 e. The molecule has 2 rings (SSSR count). The predicted molar refractivity (Wildman–Crippen MR) is 98.5 cm³/mol. The monoisotopic (exact) mass is 370 g/mol. The van der Waals surface area contributed by atoms with Crippen molar-refractivity contribution in [2.75, 3.05) is 18.5 Å². The minimum Gasteiger partial charge on any atom is -0.494 e. The molecule has 1 fully saturated rings. The number of hydrogen-bond acceptors (Lipinski definition) is 6. The summed E-state index contributed by atoms with van der Waals surface area (Å²) in [5.74, 6) is 1.38. The van der Waals surface area contributed by atoms with Gasteiger partial charge < -0.3 is 35.4 Å². The lowest BCUT2D eigenvalue weighted by Crippen LogP contribution is -2.45. The van der Waals surface area contributed by atoms with Gasteiger partial charge in [0.05, 0.1) is 13.2 Å². The first-order valence-corrected chi connectivity index (χ1v) is 8.74. The zero-order valence-electron chi connectivity index (χ0n) is 14.4. The molecule has 0 bridgehead atoms. The number of benzene rings is 1. The average Bonchev–Trinajstić information content (AvgIpc) is 2.84. The average molecular weight is 370 g/mol. The van der Waals surface area contributed by atoms with Gasteiger partial charge in [-0.15, -0.1) is 0 Å². The molecule has 1 aliphatic rings. The Morgan fingerprint density at radius 1 is 1.24 bits per heavy atom. The summed E-state index contributed by atoms with van der Waals surface area (Å²) in [6, 6.07) is 7.35. The number of rotatable bonds is 7. The number of anilines is 1. The van der Waals surface area contributed by atoms with Crippen LogP contribution in [0.4, 0.5) is 5.69 Å². The van der Waals surface area contributed by atoms with Crippen LogP contribution < -0.4 is 15.4 Å². The number of thiocarbonyl (C=S) groups is 1. The maximum atomic E-state index is 9.88. The van der Waals surface area contributed by atoms with Crippen LogP contribution in [0.5, 0.6) is 5.75 Å². The van der Waals surface area contributed by atoms with Gasteiger partial charge in [-0.2, -0.15) is 0 Å². The number of hydrogen-bond donors (Lipinski definition) is 5. The highest BCUT2D eigenvalue weighted by Crippen LogP contribution is 2.20. The maximum Gasteiger partial charge on any atom is 0.172 e. The van der Waals surface area contributed by atoms with E-state index in [1.54, 1.807) is 0 Å². The lowest BCUT2D eigenvalue weighted by Gasteiger charge is -2.19. The van der Waals surface area contributed by atoms with Crippen LogP contribution in [-0.2, 0) is 4.74 Å². The van der Waals surface area contributed by atoms with Crippen molar-refractivity contribution in [3.63, 3.8) is 0 Å². The second kappa shape index (κ2) is 9.30. The number of aliphatic hydroxyl groups is 3. The van der Waals surface area contributed by atoms with E-state index in [0.717, 1.165) is 17.9 Å². The van der Waals surface area contributed by atoms with Gasteiger partial charge in [0.25, 0.3) is 0 Å². The molecule has 7 nitrogen and oxygen atoms in total. The van der Waals surface area contributed by atoms with Gasteiger partial charge in [-0.3, -0.25) is 0 Å². The summed E-state index contributed by atoms with van der Waals surface area (Å²) in [7, 11) is 0. The van der Waals surface area contributed by atoms with Crippen LogP contribution in [0.15, 0.2) is 24.3 Å². The van der Waals surface area contributed by atoms with Crippen LogP contribution in [0.2, 0.25) is 0 Å². The molecule has 25 heavy (non-hydrogen) atoms. The highest BCUT2D eigenvalue weighted by atomic mass is 32.1. The lowest BCUT2D eigenvalue weighted by atomic mass is 10.1. The molecule has 140 valence electrons. The Morgan fingerprint density at radius 2 is 1.92 bits per heavy atom. The molecule has 1 aromatic carbocycles. The summed E-state index contributed by atoms with van der Waals surface area (Å²) < 4.78 is 11.0. The first-order chi connectivity index (χ1) is 11.9. The first-order valence-electron chi connectivity index (χ1n) is 8.33. The molecular weight excluding hydrogens is 344 g/mol. The zero-order valence-corrected chi connectivity index (χ0v) is 15.2. The second-order valence-corrected chi connectivity index (χ2v) is 6.82. The number of nitrogens with one attached hydrogen (secondary N) is 2. The molecule has 8 heteroatoms. The molecule has 0 amide bonds. The van der Waals surface area contributed by atoms with E-state index in [0.29, 0.717) is 12.5 Å². The van der Waals surface area contributed by atoms with E-state index in [2.05, 4.69) is 24.5 Å². The molecule has 1 heterocycles. The van der Waals surface area contributed by atoms with E-state index in [1.165, 1.54) is 0 Å². The fraction of sp³-hybridized carbons (Fsp3) is 0.588. The van der Waals surface area contributed by atoms with Crippen LogP contribution in [0.3, 0.4) is 0 Å². The van der Waals surface area contributed by atoms with E-state index in [-0.39, 0.29) is 11.7 Å². The fourth-order valence-corrected chi connectivity index (χ4v) is 2.60. The normalized spacial score (nSPS) is 25.8. The van der Waals surface area contributed by atoms with Crippen molar-refractivity contribution in [1.29, 1.82) is 0 Å². The topological polar surface area (TPSA) is 103 Å². The third kappa shape index (κ3) is 5.79. The van der Waals surface area contributed by atoms with Gasteiger partial charge in [-0.1, -0.05) is 13.8 Å². The Morgan fingerprint density at radius 3 is 2.48 bits per heavy atom. The van der Waals surface area contributed by atoms with Crippen molar-refractivity contribution in [2.24, 2.45) is 5.92 Å². The maximum absolute atomic E-state index is 9.88. The Balaban J connectivity index is 1.80. The molecule has 1 aromatic rings. The molecule has 0 spiro atoms. The van der Waals surface area contributed by atoms with E-state index < -0.39 is 24.5 Å². The van der Waals surface area contributed by atoms with Crippen molar-refractivity contribution >= 4 is 23.0 Å². The molecule has 2 unspecified atom stereocenters. The summed E-state index contributed by atoms with van der Waals surface area (Å²) in [5.41, 5.74) is 0.750. The SMILES string of the molecule is CC(C)CCOc1ccc(NC(=S)NC2O[C@H](CO)C(O)[C@H]2O)cc1. The van der Waals surface area contributed by atoms with Crippen LogP contribution in [0.25, 0.3) is 0 Å². The summed E-state index contributed by atoms with van der Waals surface area (Å²) >= 11 is 5.18. The van der Waals surface area contributed by atoms with Crippen LogP contribution >= 0.6 is 12.2 Å². The van der Waals surface area contributed by atoms with Gasteiger partial charge in [-0.05, 0) is 48.8 Å². The van der Waals surface area contributed by atoms with Crippen LogP contribution in [0.1, 0.15) is 20.3 Å². The molecule has 4 atom stereocenters. The lowest BCUT2D eigenvalue weighted by molar-refractivity contribution is -0.0260. The van der Waals surface area contributed by atoms with Gasteiger partial charge in [0.2, 0.25) is 0 Å². The van der Waals surface area contributed by atoms with E-state index in [4.69, 9.17) is 26.8 Å². The number of aliphatic hydroxyl groups excluding tert-OH is 3. The second-order valence-electron chi connectivity index (χ2n) is 6.41. The molecule has 0 aromatic heterocycles. The van der Waals surface area contributed by atoms with Crippen LogP contribution in [-0.4, -0.2) is 58.2 Å². The summed E-state index contributed by atoms with van der Waals surface area (Å²) in [6.07, 6.45) is -3.05. The third-order valence-corrected chi connectivity index (χ3v) is 4.11. The van der Waals surface area contributed by atoms with Crippen molar-refractivity contribution < 1.29 is 24.8 Å². The zero-order chi connectivity index (χ0) is 18.4. The molecular formula is C17H26N2O5S. The number of ether oxygens (including phenoxy) is 2. The molecule has 0 aliphatic carbocycles. The summed E-state index contributed by atoms with van der Waals surface area (Å²) in [6.45, 7) is 4.60. The highest BCUT2D eigenvalue weighted by Gasteiger charge is 2.42. The minimum atomic E-state index is -1.17. The summed E-state index contributed by atoms with van der Waals surface area (Å²) in [5, 5.41) is 34.7. The summed E-state index contributed by atoms with van der Waals surface area (Å²) in [4.78, 5) is 0. The molecule has 0 radical (unpaired) electrons. The van der Waals surface area contributed by atoms with E-state index in [1.807, 2.05) is 24.3 Å². The molecule has 1 saturated heterocycles. The van der Waals surface area contributed by atoms with Crippen molar-refractivity contribution in [3.8, 4) is 5.75 Å². The van der Waals surface area contributed by atoms with Gasteiger partial charge in [0.15, 0.2) is 11.3 Å². The van der Waals surface area contributed by atoms with Crippen molar-refractivity contribution in [3.05, 3.63) is 24.3 Å². The van der Waals surface area contributed by atoms with Crippen LogP contribution in [0, 0.1) is 5.92 Å². The Kier molecular flexibility index (Phi) is 7.39. The smallest absolute Gasteiger partial charge is 0.172 e. The van der Waals surface area contributed by atoms with E-state index in [9.17, 15) is 10.2 Å². The quantitative estimate of drug-likeness (QED) is 0.450. The van der Waals surface area contributed by atoms with Crippen molar-refractivity contribution in [2.45, 2.75) is 44.8 Å². The third-order valence-electron chi connectivity index (χ3n) is 3.89. The molecule has 0 saturated carbocycles. The van der Waals surface area contributed by atoms with Crippen molar-refractivity contribution in [1.82, 2.24) is 5.32 Å². The molecule has 1 aliphatic heterocycles. The predicted octanol–water partition coefficient (Wildman–Crippen LogP) is 0.837. The van der Waals surface area contributed by atoms with E-state index >= 15 is 0 Å². The van der Waals surface area contributed by atoms with Gasteiger partial charge in [0.1, 0.15) is 24.1 Å². The highest BCUT2D eigenvalue weighted by molar-refractivity contribution is 7.80. The standard InChI is InChI=1S/C17H26N2O5S/c1-10(2)7-8-23-12-5-3-11(4-6-12)18-17(25)19-16-15(22)14(21)13(9-20)24-16/h3-6,10,13-16,20-22H,7-9H2,1-2H3,(H2,18,19,25)/t13-,14?,15-,16?/m1/s1. The fourth-order valence-electron chi connectivity index (χ4n) is 2.36. The van der Waals surface area contributed by atoms with Gasteiger partial charge in [0, 0.05) is 5.69 Å².